The number of carbonyl (C=O) groups is 2. The van der Waals surface area contributed by atoms with Gasteiger partial charge in [0.2, 0.25) is 0 Å². The molecule has 0 aliphatic rings. The smallest absolute Gasteiger partial charge is 0.319 e. The van der Waals surface area contributed by atoms with Crippen LogP contribution in [0, 0.1) is 5.41 Å². The Morgan fingerprint density at radius 3 is 2.06 bits per heavy atom. The molecule has 4 heteroatoms. The number of carboxylic acids is 1. The fourth-order valence-corrected chi connectivity index (χ4v) is 2.29. The maximum atomic E-state index is 12.1. The summed E-state index contributed by atoms with van der Waals surface area (Å²) in [6.45, 7) is 5.13. The maximum absolute atomic E-state index is 12.1. The van der Waals surface area contributed by atoms with Crippen molar-refractivity contribution in [2.75, 3.05) is 0 Å². The van der Waals surface area contributed by atoms with Gasteiger partial charge in [0.15, 0.2) is 11.2 Å². The van der Waals surface area contributed by atoms with Crippen LogP contribution in [0.25, 0.3) is 0 Å². The number of carboxylic acid groups (broad SMARTS) is 1. The van der Waals surface area contributed by atoms with E-state index in [0.717, 1.165) is 25.7 Å². The molecule has 0 heterocycles. The minimum absolute atomic E-state index is 0.133. The molecule has 0 aromatic carbocycles. The lowest BCUT2D eigenvalue weighted by molar-refractivity contribution is -0.162. The van der Waals surface area contributed by atoms with Crippen LogP contribution in [0.15, 0.2) is 0 Å². The first-order valence-corrected chi connectivity index (χ1v) is 6.88. The van der Waals surface area contributed by atoms with E-state index in [9.17, 15) is 19.8 Å². The zero-order valence-corrected chi connectivity index (χ0v) is 11.7. The van der Waals surface area contributed by atoms with E-state index >= 15 is 0 Å². The van der Waals surface area contributed by atoms with E-state index in [1.807, 2.05) is 0 Å². The van der Waals surface area contributed by atoms with Gasteiger partial charge >= 0.3 is 5.97 Å². The van der Waals surface area contributed by atoms with Gasteiger partial charge in [-0.15, -0.1) is 0 Å². The Hall–Kier alpha value is -0.900. The third-order valence-electron chi connectivity index (χ3n) is 3.66. The molecule has 18 heavy (non-hydrogen) atoms. The van der Waals surface area contributed by atoms with Crippen LogP contribution >= 0.6 is 0 Å². The minimum atomic E-state index is -1.62. The molecule has 106 valence electrons. The van der Waals surface area contributed by atoms with Crippen LogP contribution < -0.4 is 0 Å². The second kappa shape index (κ2) is 8.25. The number of aliphatic carboxylic acids is 1. The highest BCUT2D eigenvalue weighted by Crippen LogP contribution is 2.30. The van der Waals surface area contributed by atoms with Crippen molar-refractivity contribution < 1.29 is 19.8 Å². The van der Waals surface area contributed by atoms with Crippen molar-refractivity contribution in [2.24, 2.45) is 5.41 Å². The van der Waals surface area contributed by atoms with Crippen LogP contribution in [0.4, 0.5) is 0 Å². The molecule has 0 aliphatic heterocycles. The monoisotopic (exact) mass is 258 g/mol. The van der Waals surface area contributed by atoms with Crippen LogP contribution in [-0.2, 0) is 9.59 Å². The van der Waals surface area contributed by atoms with Crippen molar-refractivity contribution in [3.8, 4) is 0 Å². The molecule has 2 unspecified atom stereocenters. The molecule has 0 saturated heterocycles. The lowest BCUT2D eigenvalue weighted by Crippen LogP contribution is -2.47. The molecule has 0 bridgehead atoms. The van der Waals surface area contributed by atoms with Crippen molar-refractivity contribution in [3.63, 3.8) is 0 Å². The number of aliphatic hydroxyl groups excluding tert-OH is 1. The first-order valence-electron chi connectivity index (χ1n) is 6.88. The van der Waals surface area contributed by atoms with Crippen LogP contribution in [0.2, 0.25) is 0 Å². The third kappa shape index (κ3) is 4.09. The van der Waals surface area contributed by atoms with Gasteiger partial charge in [-0.25, -0.2) is 0 Å². The number of rotatable bonds is 10. The largest absolute Gasteiger partial charge is 0.480 e. The lowest BCUT2D eigenvalue weighted by atomic mass is 9.74. The Bertz CT molecular complexity index is 273. The number of aliphatic hydroxyl groups is 1. The fourth-order valence-electron chi connectivity index (χ4n) is 2.29. The summed E-state index contributed by atoms with van der Waals surface area (Å²) in [6.07, 6.45) is 4.23. The highest BCUT2D eigenvalue weighted by Gasteiger charge is 2.47. The fraction of sp³-hybridized carbons (Fsp3) is 0.857. The number of hydrogen-bond donors (Lipinski definition) is 2. The number of ketones is 1. The van der Waals surface area contributed by atoms with Gasteiger partial charge in [-0.1, -0.05) is 39.5 Å². The number of Topliss-reactive ketones (excluding diaryl/α,β-unsaturated/α-hetero) is 1. The van der Waals surface area contributed by atoms with Gasteiger partial charge in [-0.2, -0.15) is 0 Å². The summed E-state index contributed by atoms with van der Waals surface area (Å²) in [5, 5.41) is 18.9. The zero-order valence-electron chi connectivity index (χ0n) is 11.7. The summed E-state index contributed by atoms with van der Waals surface area (Å²) in [5.74, 6) is -1.55. The summed E-state index contributed by atoms with van der Waals surface area (Å²) in [5.41, 5.74) is -1.62. The number of hydrogen-bond acceptors (Lipinski definition) is 3. The van der Waals surface area contributed by atoms with E-state index in [2.05, 4.69) is 6.92 Å². The van der Waals surface area contributed by atoms with Crippen molar-refractivity contribution in [1.82, 2.24) is 0 Å². The average Bonchev–Trinajstić information content (AvgIpc) is 2.29. The number of carbonyl (C=O) groups excluding carboxylic acids is 1. The van der Waals surface area contributed by atoms with Gasteiger partial charge in [0.05, 0.1) is 6.10 Å². The summed E-state index contributed by atoms with van der Waals surface area (Å²) in [6, 6.07) is 0. The Morgan fingerprint density at radius 2 is 1.67 bits per heavy atom. The van der Waals surface area contributed by atoms with Crippen LogP contribution in [0.5, 0.6) is 0 Å². The second-order valence-corrected chi connectivity index (χ2v) is 4.89. The third-order valence-corrected chi connectivity index (χ3v) is 3.66. The van der Waals surface area contributed by atoms with Gasteiger partial charge < -0.3 is 10.2 Å². The molecule has 0 spiro atoms. The van der Waals surface area contributed by atoms with Gasteiger partial charge in [0, 0.05) is 6.42 Å². The highest BCUT2D eigenvalue weighted by molar-refractivity contribution is 6.03. The Kier molecular flexibility index (Phi) is 7.83. The molecule has 0 aliphatic carbocycles. The highest BCUT2D eigenvalue weighted by atomic mass is 16.4. The van der Waals surface area contributed by atoms with Crippen molar-refractivity contribution >= 4 is 11.8 Å². The molecule has 2 atom stereocenters. The summed E-state index contributed by atoms with van der Waals surface area (Å²) < 4.78 is 0. The molecule has 0 radical (unpaired) electrons. The summed E-state index contributed by atoms with van der Waals surface area (Å²) >= 11 is 0. The molecule has 0 fully saturated rings. The first kappa shape index (κ1) is 17.1. The van der Waals surface area contributed by atoms with Crippen molar-refractivity contribution in [3.05, 3.63) is 0 Å². The molecule has 0 aromatic heterocycles. The minimum Gasteiger partial charge on any atom is -0.480 e. The van der Waals surface area contributed by atoms with E-state index in [1.54, 1.807) is 6.92 Å². The Balaban J connectivity index is 4.45. The molecule has 2 N–H and O–H groups in total. The summed E-state index contributed by atoms with van der Waals surface area (Å²) in [7, 11) is 0. The summed E-state index contributed by atoms with van der Waals surface area (Å²) in [4.78, 5) is 23.4. The molecular formula is C14H26O4. The predicted molar refractivity (Wildman–Crippen MR) is 70.4 cm³/mol. The standard InChI is InChI=1S/C14H26O4/c1-4-6-7-8-9-10-12(16)14(5-2,11(3)15)13(17)18/h11,15H,4-10H2,1-3H3,(H,17,18). The van der Waals surface area contributed by atoms with E-state index in [1.165, 1.54) is 6.92 Å². The SMILES string of the molecule is CCCCCCCC(=O)C(CC)(C(=O)O)C(C)O. The van der Waals surface area contributed by atoms with Gasteiger partial charge in [-0.05, 0) is 19.8 Å². The van der Waals surface area contributed by atoms with E-state index in [-0.39, 0.29) is 18.6 Å². The molecule has 4 nitrogen and oxygen atoms in total. The quantitative estimate of drug-likeness (QED) is 0.467. The molecule has 0 saturated carbocycles. The molecular weight excluding hydrogens is 232 g/mol. The zero-order chi connectivity index (χ0) is 14.2. The second-order valence-electron chi connectivity index (χ2n) is 4.89. The topological polar surface area (TPSA) is 74.6 Å². The van der Waals surface area contributed by atoms with Crippen LogP contribution in [0.3, 0.4) is 0 Å². The predicted octanol–water partition coefficient (Wildman–Crippen LogP) is 2.78. The van der Waals surface area contributed by atoms with E-state index in [0.29, 0.717) is 6.42 Å². The van der Waals surface area contributed by atoms with Crippen molar-refractivity contribution in [1.29, 1.82) is 0 Å². The molecule has 0 rings (SSSR count). The Labute approximate surface area is 109 Å². The average molecular weight is 258 g/mol. The van der Waals surface area contributed by atoms with Gasteiger partial charge in [0.1, 0.15) is 0 Å². The number of unbranched alkanes of at least 4 members (excludes halogenated alkanes) is 4. The Morgan fingerprint density at radius 1 is 1.11 bits per heavy atom. The van der Waals surface area contributed by atoms with Gasteiger partial charge in [0.25, 0.3) is 0 Å². The van der Waals surface area contributed by atoms with Crippen LogP contribution in [0.1, 0.15) is 65.7 Å². The van der Waals surface area contributed by atoms with Gasteiger partial charge in [-0.3, -0.25) is 9.59 Å². The normalized spacial score (nSPS) is 16.0. The molecule has 0 amide bonds. The van der Waals surface area contributed by atoms with Crippen molar-refractivity contribution in [2.45, 2.75) is 71.8 Å². The van der Waals surface area contributed by atoms with E-state index < -0.39 is 17.5 Å². The lowest BCUT2D eigenvalue weighted by Gasteiger charge is -2.29. The molecule has 0 aromatic rings. The first-order chi connectivity index (χ1) is 8.43. The van der Waals surface area contributed by atoms with Crippen LogP contribution in [-0.4, -0.2) is 28.1 Å². The van der Waals surface area contributed by atoms with E-state index in [4.69, 9.17) is 0 Å². The maximum Gasteiger partial charge on any atom is 0.319 e.